The molecule has 0 radical (unpaired) electrons. The lowest BCUT2D eigenvalue weighted by Crippen LogP contribution is -2.19. The van der Waals surface area contributed by atoms with Crippen LogP contribution in [0.5, 0.6) is 0 Å². The van der Waals surface area contributed by atoms with E-state index in [0.29, 0.717) is 6.54 Å². The highest BCUT2D eigenvalue weighted by Crippen LogP contribution is 2.32. The van der Waals surface area contributed by atoms with Gasteiger partial charge < -0.3 is 15.6 Å². The summed E-state index contributed by atoms with van der Waals surface area (Å²) in [5.41, 5.74) is 3.92. The van der Waals surface area contributed by atoms with Crippen LogP contribution in [0.4, 0.5) is 10.9 Å². The van der Waals surface area contributed by atoms with Crippen molar-refractivity contribution in [2.45, 2.75) is 53.4 Å². The van der Waals surface area contributed by atoms with Gasteiger partial charge in [0.2, 0.25) is 6.41 Å². The number of hydrogen-bond donors (Lipinski definition) is 2. The van der Waals surface area contributed by atoms with Crippen LogP contribution in [0.2, 0.25) is 0 Å². The SMILES string of the molecule is CCCCC(=N)CCN(C)C=O.Cc1ccc(Nc2nc(-c3sc(C)nc3C)cs2)nc1. The molecule has 2 N–H and O–H groups in total. The number of nitrogens with zero attached hydrogens (tertiary/aromatic N) is 4. The molecule has 0 atom stereocenters. The van der Waals surface area contributed by atoms with Gasteiger partial charge in [0.1, 0.15) is 5.82 Å². The van der Waals surface area contributed by atoms with Crippen molar-refractivity contribution in [2.24, 2.45) is 0 Å². The second-order valence-corrected chi connectivity index (χ2v) is 9.64. The fourth-order valence-electron chi connectivity index (χ4n) is 2.73. The third kappa shape index (κ3) is 8.47. The van der Waals surface area contributed by atoms with E-state index in [0.717, 1.165) is 75.6 Å². The van der Waals surface area contributed by atoms with E-state index in [9.17, 15) is 4.79 Å². The van der Waals surface area contributed by atoms with Crippen LogP contribution in [-0.2, 0) is 4.79 Å². The number of rotatable bonds is 10. The first-order valence-corrected chi connectivity index (χ1v) is 12.3. The van der Waals surface area contributed by atoms with Crippen molar-refractivity contribution in [3.8, 4) is 10.6 Å². The Labute approximate surface area is 198 Å². The molecule has 0 bridgehead atoms. The smallest absolute Gasteiger partial charge is 0.209 e. The minimum absolute atomic E-state index is 0.673. The Morgan fingerprint density at radius 2 is 2.00 bits per heavy atom. The molecule has 0 saturated carbocycles. The Bertz CT molecular complexity index is 996. The van der Waals surface area contributed by atoms with Crippen molar-refractivity contribution in [3.63, 3.8) is 0 Å². The highest BCUT2D eigenvalue weighted by Gasteiger charge is 2.11. The van der Waals surface area contributed by atoms with Gasteiger partial charge in [-0.3, -0.25) is 4.79 Å². The van der Waals surface area contributed by atoms with Gasteiger partial charge in [-0.1, -0.05) is 19.4 Å². The predicted octanol–water partition coefficient (Wildman–Crippen LogP) is 6.01. The monoisotopic (exact) mass is 472 g/mol. The number of hydrogen-bond acceptors (Lipinski definition) is 8. The molecule has 3 rings (SSSR count). The largest absolute Gasteiger partial charge is 0.348 e. The maximum Gasteiger partial charge on any atom is 0.209 e. The third-order valence-electron chi connectivity index (χ3n) is 4.57. The Kier molecular flexibility index (Phi) is 10.4. The van der Waals surface area contributed by atoms with E-state index >= 15 is 0 Å². The maximum absolute atomic E-state index is 10.2. The first-order chi connectivity index (χ1) is 15.3. The molecule has 0 saturated heterocycles. The summed E-state index contributed by atoms with van der Waals surface area (Å²) in [7, 11) is 1.74. The van der Waals surface area contributed by atoms with E-state index in [2.05, 4.69) is 32.6 Å². The van der Waals surface area contributed by atoms with Crippen molar-refractivity contribution < 1.29 is 4.79 Å². The summed E-state index contributed by atoms with van der Waals surface area (Å²) in [4.78, 5) is 26.3. The Morgan fingerprint density at radius 1 is 1.22 bits per heavy atom. The van der Waals surface area contributed by atoms with Crippen LogP contribution in [0.3, 0.4) is 0 Å². The molecule has 9 heteroatoms. The Morgan fingerprint density at radius 3 is 2.59 bits per heavy atom. The van der Waals surface area contributed by atoms with Gasteiger partial charge in [0, 0.05) is 37.3 Å². The minimum Gasteiger partial charge on any atom is -0.348 e. The van der Waals surface area contributed by atoms with Crippen molar-refractivity contribution in [1.82, 2.24) is 19.9 Å². The molecule has 3 heterocycles. The van der Waals surface area contributed by atoms with Gasteiger partial charge in [0.05, 0.1) is 21.3 Å². The van der Waals surface area contributed by atoms with Crippen LogP contribution < -0.4 is 5.32 Å². The van der Waals surface area contributed by atoms with Crippen LogP contribution >= 0.6 is 22.7 Å². The molecule has 3 aromatic rings. The van der Waals surface area contributed by atoms with Crippen molar-refractivity contribution in [3.05, 3.63) is 40.0 Å². The zero-order valence-corrected chi connectivity index (χ0v) is 21.1. The molecule has 32 heavy (non-hydrogen) atoms. The van der Waals surface area contributed by atoms with Crippen LogP contribution in [0.1, 0.15) is 48.9 Å². The van der Waals surface area contributed by atoms with E-state index in [4.69, 9.17) is 5.41 Å². The first kappa shape index (κ1) is 25.6. The van der Waals surface area contributed by atoms with Gasteiger partial charge in [0.25, 0.3) is 0 Å². The summed E-state index contributed by atoms with van der Waals surface area (Å²) in [5.74, 6) is 0.814. The summed E-state index contributed by atoms with van der Waals surface area (Å²) < 4.78 is 0. The highest BCUT2D eigenvalue weighted by atomic mass is 32.1. The van der Waals surface area contributed by atoms with Crippen LogP contribution in [0.25, 0.3) is 10.6 Å². The van der Waals surface area contributed by atoms with Gasteiger partial charge in [-0.15, -0.1) is 22.7 Å². The Hall–Kier alpha value is -2.65. The molecule has 7 nitrogen and oxygen atoms in total. The first-order valence-electron chi connectivity index (χ1n) is 10.6. The molecule has 0 unspecified atom stereocenters. The van der Waals surface area contributed by atoms with Gasteiger partial charge in [-0.25, -0.2) is 15.0 Å². The van der Waals surface area contributed by atoms with Crippen molar-refractivity contribution in [1.29, 1.82) is 5.41 Å². The number of amides is 1. The summed E-state index contributed by atoms with van der Waals surface area (Å²) in [6.07, 6.45) is 6.45. The molecular formula is C23H32N6OS2. The number of anilines is 2. The average molecular weight is 473 g/mol. The summed E-state index contributed by atoms with van der Waals surface area (Å²) in [5, 5.41) is 14.7. The standard InChI is InChI=1S/C14H14N4S2.C9H18N2O/c1-8-4-5-12(15-6-8)18-14-17-11(7-19-14)13-9(2)16-10(3)20-13;1-3-4-5-9(10)6-7-11(2)8-12/h4-7H,1-3H3,(H,15,17,18);8,10H,3-7H2,1-2H3. The summed E-state index contributed by atoms with van der Waals surface area (Å²) >= 11 is 3.26. The Balaban J connectivity index is 0.000000262. The number of carbonyl (C=O) groups is 1. The van der Waals surface area contributed by atoms with Gasteiger partial charge in [-0.05, 0) is 45.2 Å². The lowest BCUT2D eigenvalue weighted by Gasteiger charge is -2.10. The highest BCUT2D eigenvalue weighted by molar-refractivity contribution is 7.16. The average Bonchev–Trinajstić information content (AvgIpc) is 3.37. The minimum atomic E-state index is 0.673. The predicted molar refractivity (Wildman–Crippen MR) is 136 cm³/mol. The number of thiazole rings is 2. The lowest BCUT2D eigenvalue weighted by atomic mass is 10.1. The fourth-order valence-corrected chi connectivity index (χ4v) is 4.40. The van der Waals surface area contributed by atoms with Gasteiger partial charge >= 0.3 is 0 Å². The summed E-state index contributed by atoms with van der Waals surface area (Å²) in [6.45, 7) is 8.85. The zero-order chi connectivity index (χ0) is 23.5. The molecule has 0 spiro atoms. The van der Waals surface area contributed by atoms with E-state index in [1.807, 2.05) is 39.1 Å². The fraction of sp³-hybridized carbons (Fsp3) is 0.435. The van der Waals surface area contributed by atoms with Crippen molar-refractivity contribution in [2.75, 3.05) is 18.9 Å². The molecule has 172 valence electrons. The molecule has 3 aromatic heterocycles. The van der Waals surface area contributed by atoms with E-state index < -0.39 is 0 Å². The molecule has 0 fully saturated rings. The van der Waals surface area contributed by atoms with Crippen LogP contribution in [0.15, 0.2) is 23.7 Å². The van der Waals surface area contributed by atoms with Crippen LogP contribution in [0, 0.1) is 26.2 Å². The molecule has 0 aliphatic carbocycles. The van der Waals surface area contributed by atoms with Gasteiger partial charge in [0.15, 0.2) is 5.13 Å². The second kappa shape index (κ2) is 13.0. The topological polar surface area (TPSA) is 94.9 Å². The molecule has 1 amide bonds. The molecular weight excluding hydrogens is 440 g/mol. The number of aryl methyl sites for hydroxylation is 3. The van der Waals surface area contributed by atoms with E-state index in [-0.39, 0.29) is 0 Å². The molecule has 0 aromatic carbocycles. The van der Waals surface area contributed by atoms with Crippen molar-refractivity contribution >= 4 is 45.7 Å². The normalized spacial score (nSPS) is 10.3. The number of pyridine rings is 1. The van der Waals surface area contributed by atoms with Gasteiger partial charge in [-0.2, -0.15) is 0 Å². The summed E-state index contributed by atoms with van der Waals surface area (Å²) in [6, 6.07) is 3.99. The third-order valence-corrected chi connectivity index (χ3v) is 6.42. The molecule has 0 aliphatic heterocycles. The second-order valence-electron chi connectivity index (χ2n) is 7.57. The number of aromatic nitrogens is 3. The lowest BCUT2D eigenvalue weighted by molar-refractivity contribution is -0.116. The van der Waals surface area contributed by atoms with E-state index in [1.54, 1.807) is 34.6 Å². The molecule has 0 aliphatic rings. The number of nitrogens with one attached hydrogen (secondary N) is 2. The quantitative estimate of drug-likeness (QED) is 0.278. The maximum atomic E-state index is 10.2. The number of unbranched alkanes of at least 4 members (excludes halogenated alkanes) is 1. The van der Waals surface area contributed by atoms with E-state index in [1.165, 1.54) is 0 Å². The van der Waals surface area contributed by atoms with Crippen LogP contribution in [-0.4, -0.2) is 45.6 Å². The number of carbonyl (C=O) groups excluding carboxylic acids is 1. The zero-order valence-electron chi connectivity index (χ0n) is 19.4.